The largest absolute Gasteiger partial charge is 0.464 e. The molecule has 3 nitrogen and oxygen atoms in total. The van der Waals surface area contributed by atoms with Crippen molar-refractivity contribution in [3.8, 4) is 0 Å². The van der Waals surface area contributed by atoms with Gasteiger partial charge in [0.05, 0.1) is 6.61 Å². The Balaban J connectivity index is 2.67. The van der Waals surface area contributed by atoms with Crippen molar-refractivity contribution in [1.29, 1.82) is 0 Å². The van der Waals surface area contributed by atoms with Crippen LogP contribution >= 0.6 is 11.3 Å². The van der Waals surface area contributed by atoms with Crippen LogP contribution in [0.4, 0.5) is 0 Å². The summed E-state index contributed by atoms with van der Waals surface area (Å²) in [5, 5.41) is 9.47. The Kier molecular flexibility index (Phi) is 3.45. The summed E-state index contributed by atoms with van der Waals surface area (Å²) in [6.45, 7) is 3.93. The predicted octanol–water partition coefficient (Wildman–Crippen LogP) is 1.65. The molecule has 0 radical (unpaired) electrons. The first kappa shape index (κ1) is 10.2. The highest BCUT2D eigenvalue weighted by atomic mass is 32.1. The molecule has 1 rings (SSSR count). The third-order valence-corrected chi connectivity index (χ3v) is 2.59. The van der Waals surface area contributed by atoms with Gasteiger partial charge >= 0.3 is 5.97 Å². The van der Waals surface area contributed by atoms with Gasteiger partial charge < -0.3 is 9.84 Å². The number of hydrogen-bond donors (Lipinski definition) is 1. The number of ether oxygens (including phenoxy) is 1. The van der Waals surface area contributed by atoms with E-state index >= 15 is 0 Å². The summed E-state index contributed by atoms with van der Waals surface area (Å²) < 4.78 is 4.69. The van der Waals surface area contributed by atoms with Gasteiger partial charge in [-0.15, -0.1) is 11.3 Å². The number of thiophene rings is 1. The monoisotopic (exact) mass is 200 g/mol. The minimum absolute atomic E-state index is 0.292. The highest BCUT2D eigenvalue weighted by molar-refractivity contribution is 7.12. The molecule has 0 aliphatic heterocycles. The molecule has 1 heterocycles. The zero-order valence-corrected chi connectivity index (χ0v) is 8.43. The minimum Gasteiger partial charge on any atom is -0.464 e. The molecule has 0 aliphatic rings. The van der Waals surface area contributed by atoms with Gasteiger partial charge in [0.1, 0.15) is 0 Å². The maximum atomic E-state index is 11.1. The first-order chi connectivity index (χ1) is 6.15. The fourth-order valence-corrected chi connectivity index (χ4v) is 1.79. The Morgan fingerprint density at radius 1 is 1.69 bits per heavy atom. The summed E-state index contributed by atoms with van der Waals surface area (Å²) in [6, 6.07) is 3.60. The molecule has 0 amide bonds. The van der Waals surface area contributed by atoms with Gasteiger partial charge in [-0.05, 0) is 26.0 Å². The van der Waals surface area contributed by atoms with Crippen LogP contribution in [0.15, 0.2) is 12.1 Å². The SMILES string of the molecule is CCOC(=O)[C@H](O)c1ccc(C)s1. The van der Waals surface area contributed by atoms with Crippen LogP contribution in [0.5, 0.6) is 0 Å². The average Bonchev–Trinajstić information content (AvgIpc) is 2.51. The number of carbonyl (C=O) groups excluding carboxylic acids is 1. The third kappa shape index (κ3) is 2.54. The van der Waals surface area contributed by atoms with Gasteiger partial charge in [0, 0.05) is 9.75 Å². The van der Waals surface area contributed by atoms with Crippen molar-refractivity contribution >= 4 is 17.3 Å². The van der Waals surface area contributed by atoms with Gasteiger partial charge in [-0.25, -0.2) is 4.79 Å². The summed E-state index contributed by atoms with van der Waals surface area (Å²) in [6.07, 6.45) is -1.13. The van der Waals surface area contributed by atoms with Gasteiger partial charge in [-0.1, -0.05) is 0 Å². The summed E-state index contributed by atoms with van der Waals surface area (Å²) in [4.78, 5) is 12.8. The number of esters is 1. The number of carbonyl (C=O) groups is 1. The summed E-state index contributed by atoms with van der Waals surface area (Å²) in [5.41, 5.74) is 0. The quantitative estimate of drug-likeness (QED) is 0.755. The van der Waals surface area contributed by atoms with E-state index in [0.717, 1.165) is 4.88 Å². The number of aliphatic hydroxyl groups excluding tert-OH is 1. The fraction of sp³-hybridized carbons (Fsp3) is 0.444. The lowest BCUT2D eigenvalue weighted by molar-refractivity contribution is -0.153. The molecular weight excluding hydrogens is 188 g/mol. The topological polar surface area (TPSA) is 46.5 Å². The molecule has 0 aliphatic carbocycles. The second-order valence-corrected chi connectivity index (χ2v) is 3.92. The third-order valence-electron chi connectivity index (χ3n) is 1.54. The van der Waals surface area contributed by atoms with E-state index in [4.69, 9.17) is 0 Å². The normalized spacial score (nSPS) is 12.5. The van der Waals surface area contributed by atoms with E-state index in [1.54, 1.807) is 13.0 Å². The Labute approximate surface area is 81.0 Å². The molecule has 0 aromatic carbocycles. The van der Waals surface area contributed by atoms with Crippen molar-refractivity contribution in [2.24, 2.45) is 0 Å². The van der Waals surface area contributed by atoms with E-state index in [9.17, 15) is 9.90 Å². The summed E-state index contributed by atoms with van der Waals surface area (Å²) >= 11 is 1.40. The molecule has 13 heavy (non-hydrogen) atoms. The van der Waals surface area contributed by atoms with Gasteiger partial charge in [0.2, 0.25) is 0 Å². The average molecular weight is 200 g/mol. The number of aryl methyl sites for hydroxylation is 1. The lowest BCUT2D eigenvalue weighted by atomic mass is 10.3. The van der Waals surface area contributed by atoms with Crippen molar-refractivity contribution in [3.63, 3.8) is 0 Å². The smallest absolute Gasteiger partial charge is 0.340 e. The fourth-order valence-electron chi connectivity index (χ4n) is 0.938. The molecule has 4 heteroatoms. The molecular formula is C9H12O3S. The lowest BCUT2D eigenvalue weighted by Crippen LogP contribution is -2.14. The van der Waals surface area contributed by atoms with Crippen molar-refractivity contribution < 1.29 is 14.6 Å². The maximum Gasteiger partial charge on any atom is 0.340 e. The zero-order chi connectivity index (χ0) is 9.84. The highest BCUT2D eigenvalue weighted by Crippen LogP contribution is 2.23. The predicted molar refractivity (Wildman–Crippen MR) is 50.6 cm³/mol. The molecule has 0 unspecified atom stereocenters. The van der Waals surface area contributed by atoms with Gasteiger partial charge in [0.25, 0.3) is 0 Å². The number of aliphatic hydroxyl groups is 1. The molecule has 0 saturated heterocycles. The van der Waals surface area contributed by atoms with Crippen LogP contribution < -0.4 is 0 Å². The van der Waals surface area contributed by atoms with E-state index in [1.165, 1.54) is 11.3 Å². The number of hydrogen-bond acceptors (Lipinski definition) is 4. The molecule has 0 fully saturated rings. The van der Waals surface area contributed by atoms with Crippen molar-refractivity contribution in [2.75, 3.05) is 6.61 Å². The molecule has 0 saturated carbocycles. The van der Waals surface area contributed by atoms with E-state index < -0.39 is 12.1 Å². The van der Waals surface area contributed by atoms with E-state index in [2.05, 4.69) is 4.74 Å². The van der Waals surface area contributed by atoms with Crippen LogP contribution in [-0.2, 0) is 9.53 Å². The summed E-state index contributed by atoms with van der Waals surface area (Å²) in [7, 11) is 0. The summed E-state index contributed by atoms with van der Waals surface area (Å²) in [5.74, 6) is -0.579. The second kappa shape index (κ2) is 4.39. The standard InChI is InChI=1S/C9H12O3S/c1-3-12-9(11)8(10)7-5-4-6(2)13-7/h4-5,8,10H,3H2,1-2H3/t8-/m1/s1. The van der Waals surface area contributed by atoms with Crippen LogP contribution in [0.3, 0.4) is 0 Å². The molecule has 1 aromatic heterocycles. The zero-order valence-electron chi connectivity index (χ0n) is 7.61. The lowest BCUT2D eigenvalue weighted by Gasteiger charge is -2.06. The number of rotatable bonds is 3. The molecule has 1 aromatic rings. The molecule has 1 atom stereocenters. The van der Waals surface area contributed by atoms with Crippen LogP contribution in [0, 0.1) is 6.92 Å². The molecule has 72 valence electrons. The van der Waals surface area contributed by atoms with Crippen LogP contribution in [0.1, 0.15) is 22.8 Å². The first-order valence-electron chi connectivity index (χ1n) is 4.06. The Morgan fingerprint density at radius 3 is 2.85 bits per heavy atom. The maximum absolute atomic E-state index is 11.1. The van der Waals surface area contributed by atoms with E-state index in [0.29, 0.717) is 11.5 Å². The van der Waals surface area contributed by atoms with Crippen molar-refractivity contribution in [2.45, 2.75) is 20.0 Å². The van der Waals surface area contributed by atoms with Crippen LogP contribution in [-0.4, -0.2) is 17.7 Å². The molecule has 1 N–H and O–H groups in total. The van der Waals surface area contributed by atoms with Crippen molar-refractivity contribution in [3.05, 3.63) is 21.9 Å². The van der Waals surface area contributed by atoms with Crippen LogP contribution in [0.2, 0.25) is 0 Å². The van der Waals surface area contributed by atoms with Crippen molar-refractivity contribution in [1.82, 2.24) is 0 Å². The Morgan fingerprint density at radius 2 is 2.38 bits per heavy atom. The van der Waals surface area contributed by atoms with Gasteiger partial charge in [0.15, 0.2) is 6.10 Å². The first-order valence-corrected chi connectivity index (χ1v) is 4.88. The van der Waals surface area contributed by atoms with Gasteiger partial charge in [-0.3, -0.25) is 0 Å². The minimum atomic E-state index is -1.13. The van der Waals surface area contributed by atoms with Gasteiger partial charge in [-0.2, -0.15) is 0 Å². The van der Waals surface area contributed by atoms with E-state index in [1.807, 2.05) is 13.0 Å². The van der Waals surface area contributed by atoms with Crippen LogP contribution in [0.25, 0.3) is 0 Å². The Hall–Kier alpha value is -0.870. The Bertz CT molecular complexity index is 293. The molecule has 0 spiro atoms. The van der Waals surface area contributed by atoms with E-state index in [-0.39, 0.29) is 0 Å². The second-order valence-electron chi connectivity index (χ2n) is 2.60. The highest BCUT2D eigenvalue weighted by Gasteiger charge is 2.19. The molecule has 0 bridgehead atoms.